The van der Waals surface area contributed by atoms with Crippen LogP contribution >= 0.6 is 0 Å². The van der Waals surface area contributed by atoms with Gasteiger partial charge in [-0.25, -0.2) is 0 Å². The highest BCUT2D eigenvalue weighted by atomic mass is 32.2. The van der Waals surface area contributed by atoms with Crippen molar-refractivity contribution in [3.05, 3.63) is 36.4 Å². The standard InChI is InChI=1S/C11H11NO3S.C2H6/c1-12-10-4-2-9-7-11(16(13,14)15)5-3-8(9)6-10;1-2/h2-7,12H,1H3,(H,13,14,15);1-2H3. The summed E-state index contributed by atoms with van der Waals surface area (Å²) in [7, 11) is -2.31. The lowest BCUT2D eigenvalue weighted by molar-refractivity contribution is 0.483. The third-order valence-corrected chi connectivity index (χ3v) is 3.25. The Morgan fingerprint density at radius 3 is 2.11 bits per heavy atom. The highest BCUT2D eigenvalue weighted by molar-refractivity contribution is 7.85. The lowest BCUT2D eigenvalue weighted by atomic mass is 10.1. The summed E-state index contributed by atoms with van der Waals surface area (Å²) >= 11 is 0. The zero-order chi connectivity index (χ0) is 13.8. The van der Waals surface area contributed by atoms with Crippen LogP contribution in [0, 0.1) is 0 Å². The predicted molar refractivity (Wildman–Crippen MR) is 74.7 cm³/mol. The monoisotopic (exact) mass is 267 g/mol. The van der Waals surface area contributed by atoms with Gasteiger partial charge < -0.3 is 5.32 Å². The zero-order valence-corrected chi connectivity index (χ0v) is 11.5. The van der Waals surface area contributed by atoms with Gasteiger partial charge in [0, 0.05) is 12.7 Å². The molecule has 0 fully saturated rings. The fourth-order valence-corrected chi connectivity index (χ4v) is 2.06. The Bertz CT molecular complexity index is 636. The molecule has 0 aliphatic heterocycles. The smallest absolute Gasteiger partial charge is 0.294 e. The van der Waals surface area contributed by atoms with E-state index in [1.165, 1.54) is 12.1 Å². The third kappa shape index (κ3) is 3.21. The molecule has 0 saturated carbocycles. The van der Waals surface area contributed by atoms with Crippen LogP contribution in [-0.2, 0) is 10.1 Å². The molecule has 18 heavy (non-hydrogen) atoms. The molecule has 0 unspecified atom stereocenters. The van der Waals surface area contributed by atoms with Gasteiger partial charge in [-0.15, -0.1) is 0 Å². The minimum Gasteiger partial charge on any atom is -0.388 e. The normalized spacial score (nSPS) is 10.7. The summed E-state index contributed by atoms with van der Waals surface area (Å²) in [6.45, 7) is 4.00. The number of hydrogen-bond acceptors (Lipinski definition) is 3. The van der Waals surface area contributed by atoms with E-state index in [0.29, 0.717) is 0 Å². The summed E-state index contributed by atoms with van der Waals surface area (Å²) in [5.41, 5.74) is 0.951. The van der Waals surface area contributed by atoms with Crippen LogP contribution < -0.4 is 5.32 Å². The SMILES string of the molecule is CC.CNc1ccc2cc(S(=O)(=O)O)ccc2c1. The molecule has 2 rings (SSSR count). The Hall–Kier alpha value is -1.59. The van der Waals surface area contributed by atoms with E-state index in [9.17, 15) is 8.42 Å². The van der Waals surface area contributed by atoms with Gasteiger partial charge in [-0.05, 0) is 35.0 Å². The van der Waals surface area contributed by atoms with Gasteiger partial charge in [0.2, 0.25) is 0 Å². The molecule has 2 N–H and O–H groups in total. The molecule has 0 aliphatic carbocycles. The van der Waals surface area contributed by atoms with E-state index in [2.05, 4.69) is 5.32 Å². The van der Waals surface area contributed by atoms with Crippen molar-refractivity contribution in [3.8, 4) is 0 Å². The van der Waals surface area contributed by atoms with E-state index < -0.39 is 10.1 Å². The first-order chi connectivity index (χ1) is 8.50. The molecule has 0 amide bonds. The van der Waals surface area contributed by atoms with Gasteiger partial charge in [-0.2, -0.15) is 8.42 Å². The van der Waals surface area contributed by atoms with Gasteiger partial charge in [0.15, 0.2) is 0 Å². The predicted octanol–water partition coefficient (Wildman–Crippen LogP) is 3.15. The molecule has 0 bridgehead atoms. The molecule has 0 aromatic heterocycles. The number of benzene rings is 2. The van der Waals surface area contributed by atoms with Crippen molar-refractivity contribution in [3.63, 3.8) is 0 Å². The average Bonchev–Trinajstić information content (AvgIpc) is 2.38. The minimum atomic E-state index is -4.13. The van der Waals surface area contributed by atoms with Gasteiger partial charge in [0.05, 0.1) is 4.90 Å². The molecule has 0 radical (unpaired) electrons. The van der Waals surface area contributed by atoms with Crippen LogP contribution in [0.5, 0.6) is 0 Å². The molecule has 98 valence electrons. The highest BCUT2D eigenvalue weighted by Gasteiger charge is 2.09. The average molecular weight is 267 g/mol. The van der Waals surface area contributed by atoms with Gasteiger partial charge in [0.1, 0.15) is 0 Å². The maximum Gasteiger partial charge on any atom is 0.294 e. The number of hydrogen-bond donors (Lipinski definition) is 2. The molecule has 5 heteroatoms. The maximum absolute atomic E-state index is 10.9. The summed E-state index contributed by atoms with van der Waals surface area (Å²) in [5.74, 6) is 0. The second-order valence-electron chi connectivity index (χ2n) is 3.45. The van der Waals surface area contributed by atoms with E-state index in [1.807, 2.05) is 33.0 Å². The topological polar surface area (TPSA) is 66.4 Å². The van der Waals surface area contributed by atoms with E-state index in [-0.39, 0.29) is 4.90 Å². The van der Waals surface area contributed by atoms with E-state index in [1.54, 1.807) is 12.1 Å². The van der Waals surface area contributed by atoms with E-state index in [0.717, 1.165) is 16.5 Å². The van der Waals surface area contributed by atoms with Gasteiger partial charge >= 0.3 is 0 Å². The van der Waals surface area contributed by atoms with Crippen molar-refractivity contribution in [2.24, 2.45) is 0 Å². The summed E-state index contributed by atoms with van der Waals surface area (Å²) in [5, 5.41) is 4.68. The van der Waals surface area contributed by atoms with Crippen LogP contribution in [0.4, 0.5) is 5.69 Å². The highest BCUT2D eigenvalue weighted by Crippen LogP contribution is 2.22. The Labute approximate surface area is 107 Å². The first-order valence-electron chi connectivity index (χ1n) is 5.70. The Balaban J connectivity index is 0.000000771. The maximum atomic E-state index is 10.9. The van der Waals surface area contributed by atoms with E-state index in [4.69, 9.17) is 4.55 Å². The fraction of sp³-hybridized carbons (Fsp3) is 0.231. The lowest BCUT2D eigenvalue weighted by Crippen LogP contribution is -1.97. The Morgan fingerprint density at radius 1 is 1.00 bits per heavy atom. The fourth-order valence-electron chi connectivity index (χ4n) is 1.54. The Kier molecular flexibility index (Phi) is 4.69. The largest absolute Gasteiger partial charge is 0.388 e. The van der Waals surface area contributed by atoms with Crippen molar-refractivity contribution >= 4 is 26.6 Å². The number of nitrogens with one attached hydrogen (secondary N) is 1. The molecule has 0 aliphatic rings. The van der Waals surface area contributed by atoms with Crippen LogP contribution in [-0.4, -0.2) is 20.0 Å². The number of fused-ring (bicyclic) bond motifs is 1. The molecular formula is C13H17NO3S. The Morgan fingerprint density at radius 2 is 1.56 bits per heavy atom. The summed E-state index contributed by atoms with van der Waals surface area (Å²) in [4.78, 5) is -0.0859. The van der Waals surface area contributed by atoms with Gasteiger partial charge in [-0.3, -0.25) is 4.55 Å². The first-order valence-corrected chi connectivity index (χ1v) is 7.14. The van der Waals surface area contributed by atoms with Crippen molar-refractivity contribution in [1.82, 2.24) is 0 Å². The molecular weight excluding hydrogens is 250 g/mol. The van der Waals surface area contributed by atoms with E-state index >= 15 is 0 Å². The van der Waals surface area contributed by atoms with Gasteiger partial charge in [-0.1, -0.05) is 26.0 Å². The van der Waals surface area contributed by atoms with Crippen LogP contribution in [0.25, 0.3) is 10.8 Å². The molecule has 0 saturated heterocycles. The number of anilines is 1. The molecule has 4 nitrogen and oxygen atoms in total. The van der Waals surface area contributed by atoms with Crippen molar-refractivity contribution in [2.45, 2.75) is 18.7 Å². The quantitative estimate of drug-likeness (QED) is 0.820. The lowest BCUT2D eigenvalue weighted by Gasteiger charge is -2.04. The molecule has 2 aromatic carbocycles. The molecule has 0 heterocycles. The summed E-state index contributed by atoms with van der Waals surface area (Å²) in [6.07, 6.45) is 0. The first kappa shape index (κ1) is 14.5. The molecule has 2 aromatic rings. The third-order valence-electron chi connectivity index (χ3n) is 2.40. The second kappa shape index (κ2) is 5.84. The van der Waals surface area contributed by atoms with Gasteiger partial charge in [0.25, 0.3) is 10.1 Å². The molecule has 0 spiro atoms. The summed E-state index contributed by atoms with van der Waals surface area (Å²) < 4.78 is 30.8. The zero-order valence-electron chi connectivity index (χ0n) is 10.6. The van der Waals surface area contributed by atoms with Crippen molar-refractivity contribution in [1.29, 1.82) is 0 Å². The second-order valence-corrected chi connectivity index (χ2v) is 4.87. The van der Waals surface area contributed by atoms with Crippen molar-refractivity contribution in [2.75, 3.05) is 12.4 Å². The summed E-state index contributed by atoms with van der Waals surface area (Å²) in [6, 6.07) is 10.1. The minimum absolute atomic E-state index is 0.0859. The molecule has 0 atom stereocenters. The number of rotatable bonds is 2. The van der Waals surface area contributed by atoms with Crippen LogP contribution in [0.15, 0.2) is 41.3 Å². The van der Waals surface area contributed by atoms with Crippen LogP contribution in [0.2, 0.25) is 0 Å². The van der Waals surface area contributed by atoms with Crippen LogP contribution in [0.1, 0.15) is 13.8 Å². The van der Waals surface area contributed by atoms with Crippen LogP contribution in [0.3, 0.4) is 0 Å². The van der Waals surface area contributed by atoms with Crippen molar-refractivity contribution < 1.29 is 13.0 Å².